The van der Waals surface area contributed by atoms with Gasteiger partial charge in [0, 0.05) is 59.6 Å². The van der Waals surface area contributed by atoms with Crippen LogP contribution in [-0.2, 0) is 21.4 Å². The van der Waals surface area contributed by atoms with Crippen molar-refractivity contribution < 1.29 is 13.2 Å². The quantitative estimate of drug-likeness (QED) is 0.361. The first-order valence-corrected chi connectivity index (χ1v) is 16.4. The van der Waals surface area contributed by atoms with Crippen LogP contribution >= 0.6 is 11.8 Å². The van der Waals surface area contributed by atoms with Crippen molar-refractivity contribution in [3.63, 3.8) is 0 Å². The van der Waals surface area contributed by atoms with Crippen LogP contribution in [0.5, 0.6) is 0 Å². The van der Waals surface area contributed by atoms with E-state index in [-0.39, 0.29) is 21.5 Å². The zero-order valence-corrected chi connectivity index (χ0v) is 25.5. The molecule has 0 spiro atoms. The van der Waals surface area contributed by atoms with Gasteiger partial charge in [-0.15, -0.1) is 11.8 Å². The largest absolute Gasteiger partial charge is 0.341 e. The molecule has 1 aromatic heterocycles. The van der Waals surface area contributed by atoms with E-state index in [0.29, 0.717) is 24.2 Å². The number of thioether (sulfide) groups is 1. The first kappa shape index (κ1) is 29.4. The number of hydrogen-bond acceptors (Lipinski definition) is 6. The number of amides is 1. The summed E-state index contributed by atoms with van der Waals surface area (Å²) in [6.07, 6.45) is 8.30. The summed E-state index contributed by atoms with van der Waals surface area (Å²) in [7, 11) is -3.83. The van der Waals surface area contributed by atoms with Gasteiger partial charge in [0.05, 0.1) is 11.4 Å². The van der Waals surface area contributed by atoms with E-state index in [1.807, 2.05) is 34.9 Å². The molecule has 1 atom stereocenters. The van der Waals surface area contributed by atoms with E-state index in [4.69, 9.17) is 0 Å². The molecule has 0 radical (unpaired) electrons. The fourth-order valence-corrected chi connectivity index (χ4v) is 7.60. The minimum Gasteiger partial charge on any atom is -0.341 e. The first-order valence-electron chi connectivity index (χ1n) is 14.1. The Morgan fingerprint density at radius 2 is 1.83 bits per heavy atom. The maximum Gasteiger partial charge on any atom is 0.264 e. The molecule has 1 aliphatic carbocycles. The Bertz CT molecular complexity index is 1570. The summed E-state index contributed by atoms with van der Waals surface area (Å²) in [4.78, 5) is 23.6. The number of allylic oxidation sites excluding steroid dienone is 2. The molecule has 0 bridgehead atoms. The van der Waals surface area contributed by atoms with Crippen LogP contribution in [0.1, 0.15) is 39.2 Å². The lowest BCUT2D eigenvalue weighted by Crippen LogP contribution is -2.39. The zero-order chi connectivity index (χ0) is 29.0. The Labute approximate surface area is 247 Å². The number of sulfonamides is 1. The highest BCUT2D eigenvalue weighted by molar-refractivity contribution is 8.00. The van der Waals surface area contributed by atoms with Gasteiger partial charge in [-0.3, -0.25) is 19.4 Å². The van der Waals surface area contributed by atoms with Gasteiger partial charge < -0.3 is 4.90 Å². The van der Waals surface area contributed by atoms with Gasteiger partial charge in [-0.1, -0.05) is 69.3 Å². The number of para-hydroxylation sites is 1. The monoisotopic (exact) mass is 590 g/mol. The van der Waals surface area contributed by atoms with Gasteiger partial charge in [-0.25, -0.2) is 8.42 Å². The highest BCUT2D eigenvalue weighted by Crippen LogP contribution is 2.34. The van der Waals surface area contributed by atoms with Crippen LogP contribution in [0.4, 0.5) is 0 Å². The smallest absolute Gasteiger partial charge is 0.264 e. The molecule has 1 N–H and O–H groups in total. The van der Waals surface area contributed by atoms with E-state index in [1.54, 1.807) is 36.5 Å². The van der Waals surface area contributed by atoms with Crippen molar-refractivity contribution in [1.82, 2.24) is 19.5 Å². The fourth-order valence-electron chi connectivity index (χ4n) is 5.27. The van der Waals surface area contributed by atoms with Crippen LogP contribution in [-0.4, -0.2) is 60.0 Å². The standard InChI is InChI=1S/C32H38N4O3S2/c1-32(2,3)40-28-12-5-4-9-26(28)23-35-19-8-20-36(22-21-35)31(37)25-14-16-27(17-15-25)34-41(38,39)29-13-6-10-24-11-7-18-33-30(24)29/h4-7,9-14,16-18,25,34H,8,15,19-23H2,1-3H3. The summed E-state index contributed by atoms with van der Waals surface area (Å²) >= 11 is 1.90. The number of benzene rings is 2. The van der Waals surface area contributed by atoms with Crippen LogP contribution in [0.3, 0.4) is 0 Å². The predicted molar refractivity (Wildman–Crippen MR) is 166 cm³/mol. The molecule has 41 heavy (non-hydrogen) atoms. The van der Waals surface area contributed by atoms with E-state index in [0.717, 1.165) is 38.0 Å². The third-order valence-electron chi connectivity index (χ3n) is 7.24. The third-order valence-corrected chi connectivity index (χ3v) is 9.88. The van der Waals surface area contributed by atoms with Gasteiger partial charge in [0.2, 0.25) is 5.91 Å². The van der Waals surface area contributed by atoms with Crippen molar-refractivity contribution in [2.75, 3.05) is 26.2 Å². The lowest BCUT2D eigenvalue weighted by atomic mass is 9.98. The topological polar surface area (TPSA) is 82.6 Å². The molecule has 1 amide bonds. The van der Waals surface area contributed by atoms with Gasteiger partial charge in [0.25, 0.3) is 10.0 Å². The molecule has 0 saturated carbocycles. The molecular weight excluding hydrogens is 553 g/mol. The summed E-state index contributed by atoms with van der Waals surface area (Å²) < 4.78 is 29.1. The Morgan fingerprint density at radius 3 is 2.61 bits per heavy atom. The first-order chi connectivity index (χ1) is 19.6. The summed E-state index contributed by atoms with van der Waals surface area (Å²) in [5.74, 6) is -0.193. The van der Waals surface area contributed by atoms with Crippen molar-refractivity contribution in [3.05, 3.63) is 90.3 Å². The van der Waals surface area contributed by atoms with Crippen LogP contribution in [0.15, 0.2) is 94.5 Å². The summed E-state index contributed by atoms with van der Waals surface area (Å²) in [5.41, 5.74) is 2.24. The molecule has 7 nitrogen and oxygen atoms in total. The summed E-state index contributed by atoms with van der Waals surface area (Å²) in [6.45, 7) is 10.8. The Hall–Kier alpha value is -3.14. The Kier molecular flexibility index (Phi) is 8.87. The molecule has 1 fully saturated rings. The molecule has 2 aromatic carbocycles. The molecule has 1 unspecified atom stereocenters. The average molecular weight is 591 g/mol. The number of nitrogens with one attached hydrogen (secondary N) is 1. The van der Waals surface area contributed by atoms with Crippen molar-refractivity contribution in [1.29, 1.82) is 0 Å². The third kappa shape index (κ3) is 7.39. The van der Waals surface area contributed by atoms with Gasteiger partial charge in [0.1, 0.15) is 4.90 Å². The van der Waals surface area contributed by atoms with Crippen molar-refractivity contribution in [3.8, 4) is 0 Å². The van der Waals surface area contributed by atoms with E-state index >= 15 is 0 Å². The second-order valence-corrected chi connectivity index (χ2v) is 15.1. The minimum atomic E-state index is -3.83. The van der Waals surface area contributed by atoms with Crippen LogP contribution < -0.4 is 4.72 Å². The molecule has 2 aliphatic rings. The van der Waals surface area contributed by atoms with Crippen molar-refractivity contribution >= 4 is 38.6 Å². The van der Waals surface area contributed by atoms with E-state index < -0.39 is 10.0 Å². The van der Waals surface area contributed by atoms with Crippen LogP contribution in [0, 0.1) is 5.92 Å². The number of rotatable bonds is 7. The van der Waals surface area contributed by atoms with Crippen LogP contribution in [0.25, 0.3) is 10.9 Å². The molecule has 2 heterocycles. The number of carbonyl (C=O) groups is 1. The van der Waals surface area contributed by atoms with Crippen molar-refractivity contribution in [2.24, 2.45) is 5.92 Å². The Balaban J connectivity index is 1.17. The normalized spacial score (nSPS) is 18.7. The summed E-state index contributed by atoms with van der Waals surface area (Å²) in [6, 6.07) is 17.3. The fraction of sp³-hybridized carbons (Fsp3) is 0.375. The van der Waals surface area contributed by atoms with Gasteiger partial charge in [-0.2, -0.15) is 0 Å². The average Bonchev–Trinajstić information content (AvgIpc) is 3.18. The SMILES string of the molecule is CC(C)(C)Sc1ccccc1CN1CCCN(C(=O)C2C=CC(NS(=O)(=O)c3cccc4cccnc34)=CC2)CC1. The second kappa shape index (κ2) is 12.4. The minimum absolute atomic E-state index is 0.100. The van der Waals surface area contributed by atoms with Gasteiger partial charge in [0.15, 0.2) is 0 Å². The number of carbonyl (C=O) groups excluding carboxylic acids is 1. The lowest BCUT2D eigenvalue weighted by Gasteiger charge is -2.26. The van der Waals surface area contributed by atoms with E-state index in [2.05, 4.69) is 59.6 Å². The van der Waals surface area contributed by atoms with Crippen LogP contribution in [0.2, 0.25) is 0 Å². The highest BCUT2D eigenvalue weighted by Gasteiger charge is 2.27. The number of nitrogens with zero attached hydrogens (tertiary/aromatic N) is 3. The van der Waals surface area contributed by atoms with Gasteiger partial charge >= 0.3 is 0 Å². The number of hydrogen-bond donors (Lipinski definition) is 1. The molecular formula is C32H38N4O3S2. The van der Waals surface area contributed by atoms with Crippen molar-refractivity contribution in [2.45, 2.75) is 54.7 Å². The van der Waals surface area contributed by atoms with Gasteiger partial charge in [-0.05, 0) is 42.7 Å². The molecule has 216 valence electrons. The number of fused-ring (bicyclic) bond motifs is 1. The Morgan fingerprint density at radius 1 is 1.02 bits per heavy atom. The zero-order valence-electron chi connectivity index (χ0n) is 23.9. The molecule has 9 heteroatoms. The number of aromatic nitrogens is 1. The maximum atomic E-state index is 13.4. The second-order valence-electron chi connectivity index (χ2n) is 11.6. The maximum absolute atomic E-state index is 13.4. The molecule has 1 saturated heterocycles. The van der Waals surface area contributed by atoms with E-state index in [9.17, 15) is 13.2 Å². The predicted octanol–water partition coefficient (Wildman–Crippen LogP) is 5.60. The molecule has 1 aliphatic heterocycles. The molecule has 5 rings (SSSR count). The highest BCUT2D eigenvalue weighted by atomic mass is 32.2. The lowest BCUT2D eigenvalue weighted by molar-refractivity contribution is -0.133. The number of pyridine rings is 1. The molecule has 3 aromatic rings. The summed E-state index contributed by atoms with van der Waals surface area (Å²) in [5, 5.41) is 0.762. The van der Waals surface area contributed by atoms with E-state index in [1.165, 1.54) is 10.5 Å².